The third kappa shape index (κ3) is 3.83. The second-order valence-corrected chi connectivity index (χ2v) is 4.90. The Balaban J connectivity index is 0.00000264. The van der Waals surface area contributed by atoms with E-state index in [0.29, 0.717) is 30.5 Å². The normalized spacial score (nSPS) is 10.3. The number of carbonyl (C=O) groups is 1. The first-order valence-corrected chi connectivity index (χ1v) is 7.45. The summed E-state index contributed by atoms with van der Waals surface area (Å²) >= 11 is 0. The third-order valence-corrected chi connectivity index (χ3v) is 3.53. The Hall–Kier alpha value is -2.05. The molecule has 0 unspecified atom stereocenters. The number of likely N-dealkylation sites (N-methyl/N-ethyl adjacent to an activating group) is 1. The first-order valence-electron chi connectivity index (χ1n) is 7.45. The van der Waals surface area contributed by atoms with E-state index in [9.17, 15) is 14.7 Å². The van der Waals surface area contributed by atoms with Gasteiger partial charge in [0.1, 0.15) is 11.3 Å². The minimum Gasteiger partial charge on any atom is -0.506 e. The topological polar surface area (TPSA) is 83.4 Å². The highest BCUT2D eigenvalue weighted by atomic mass is 35.5. The molecule has 23 heavy (non-hydrogen) atoms. The van der Waals surface area contributed by atoms with Gasteiger partial charge in [0, 0.05) is 25.0 Å². The first-order chi connectivity index (χ1) is 10.6. The number of carbonyl (C=O) groups excluding carboxylic acids is 1. The van der Waals surface area contributed by atoms with E-state index in [1.165, 1.54) is 4.57 Å². The monoisotopic (exact) mass is 339 g/mol. The van der Waals surface area contributed by atoms with Crippen molar-refractivity contribution in [3.63, 3.8) is 0 Å². The predicted molar refractivity (Wildman–Crippen MR) is 93.7 cm³/mol. The van der Waals surface area contributed by atoms with Gasteiger partial charge in [0.25, 0.3) is 11.5 Å². The molecule has 0 radical (unpaired) electrons. The van der Waals surface area contributed by atoms with Gasteiger partial charge in [0.2, 0.25) is 0 Å². The number of hydrogen-bond donors (Lipinski definition) is 3. The third-order valence-electron chi connectivity index (χ3n) is 3.53. The van der Waals surface area contributed by atoms with Crippen molar-refractivity contribution in [3.8, 4) is 5.75 Å². The lowest BCUT2D eigenvalue weighted by Crippen LogP contribution is -2.36. The van der Waals surface area contributed by atoms with Gasteiger partial charge in [-0.25, -0.2) is 0 Å². The Morgan fingerprint density at radius 2 is 1.91 bits per heavy atom. The minimum atomic E-state index is -0.548. The number of para-hydroxylation sites is 1. The second-order valence-electron chi connectivity index (χ2n) is 4.90. The highest BCUT2D eigenvalue weighted by molar-refractivity contribution is 6.02. The summed E-state index contributed by atoms with van der Waals surface area (Å²) in [7, 11) is 0. The van der Waals surface area contributed by atoms with Crippen molar-refractivity contribution < 1.29 is 9.90 Å². The number of amides is 1. The number of hydrogen-bond acceptors (Lipinski definition) is 4. The average Bonchev–Trinajstić information content (AvgIpc) is 2.52. The van der Waals surface area contributed by atoms with Crippen LogP contribution in [0.25, 0.3) is 10.9 Å². The predicted octanol–water partition coefficient (Wildman–Crippen LogP) is 1.49. The quantitative estimate of drug-likeness (QED) is 0.696. The summed E-state index contributed by atoms with van der Waals surface area (Å²) in [6.07, 6.45) is 0. The van der Waals surface area contributed by atoms with Crippen LogP contribution in [0.4, 0.5) is 0 Å². The average molecular weight is 340 g/mol. The van der Waals surface area contributed by atoms with Crippen LogP contribution in [0.15, 0.2) is 29.1 Å². The van der Waals surface area contributed by atoms with Gasteiger partial charge < -0.3 is 20.3 Å². The molecule has 0 saturated carbocycles. The van der Waals surface area contributed by atoms with Gasteiger partial charge in [-0.05, 0) is 25.6 Å². The van der Waals surface area contributed by atoms with Crippen LogP contribution in [0, 0.1) is 0 Å². The van der Waals surface area contributed by atoms with E-state index in [2.05, 4.69) is 10.6 Å². The number of benzene rings is 1. The van der Waals surface area contributed by atoms with E-state index in [0.717, 1.165) is 6.54 Å². The van der Waals surface area contributed by atoms with Crippen LogP contribution in [-0.4, -0.2) is 35.2 Å². The fourth-order valence-corrected chi connectivity index (χ4v) is 2.44. The molecule has 7 heteroatoms. The second kappa shape index (κ2) is 8.55. The lowest BCUT2D eigenvalue weighted by molar-refractivity contribution is 0.0949. The zero-order chi connectivity index (χ0) is 16.1. The lowest BCUT2D eigenvalue weighted by atomic mass is 10.1. The number of halogens is 1. The van der Waals surface area contributed by atoms with Crippen LogP contribution < -0.4 is 16.2 Å². The van der Waals surface area contributed by atoms with Crippen molar-refractivity contribution in [1.82, 2.24) is 15.2 Å². The standard InChI is InChI=1S/C16H21N3O3.ClH/c1-3-17-9-10-18-15(21)13-14(20)11-7-5-6-8-12(11)19(4-2)16(13)22;/h5-8,17,20H,3-4,9-10H2,1-2H3,(H,18,21);1H. The number of aromatic hydroxyl groups is 1. The smallest absolute Gasteiger partial charge is 0.267 e. The molecule has 6 nitrogen and oxygen atoms in total. The maximum atomic E-state index is 12.5. The molecule has 0 fully saturated rings. The van der Waals surface area contributed by atoms with Gasteiger partial charge in [-0.2, -0.15) is 0 Å². The molecule has 1 heterocycles. The molecule has 2 aromatic rings. The largest absolute Gasteiger partial charge is 0.506 e. The van der Waals surface area contributed by atoms with Gasteiger partial charge in [-0.15, -0.1) is 12.4 Å². The maximum absolute atomic E-state index is 12.5. The summed E-state index contributed by atoms with van der Waals surface area (Å²) in [5.41, 5.74) is -0.0478. The van der Waals surface area contributed by atoms with Gasteiger partial charge in [0.05, 0.1) is 5.52 Å². The Morgan fingerprint density at radius 3 is 2.57 bits per heavy atom. The molecule has 1 aromatic heterocycles. The molecular formula is C16H22ClN3O3. The van der Waals surface area contributed by atoms with E-state index in [-0.39, 0.29) is 23.7 Å². The lowest BCUT2D eigenvalue weighted by Gasteiger charge is -2.13. The molecule has 126 valence electrons. The zero-order valence-corrected chi connectivity index (χ0v) is 14.1. The zero-order valence-electron chi connectivity index (χ0n) is 13.3. The summed E-state index contributed by atoms with van der Waals surface area (Å²) in [4.78, 5) is 24.7. The highest BCUT2D eigenvalue weighted by Crippen LogP contribution is 2.25. The summed E-state index contributed by atoms with van der Waals surface area (Å²) in [6.45, 7) is 6.04. The number of nitrogens with zero attached hydrogens (tertiary/aromatic N) is 1. The Bertz CT molecular complexity index is 743. The van der Waals surface area contributed by atoms with Crippen LogP contribution in [0.3, 0.4) is 0 Å². The fraction of sp³-hybridized carbons (Fsp3) is 0.375. The Labute approximate surface area is 140 Å². The highest BCUT2D eigenvalue weighted by Gasteiger charge is 2.21. The van der Waals surface area contributed by atoms with Gasteiger partial charge >= 0.3 is 0 Å². The molecule has 0 aliphatic heterocycles. The van der Waals surface area contributed by atoms with Crippen LogP contribution in [0.5, 0.6) is 5.75 Å². The fourth-order valence-electron chi connectivity index (χ4n) is 2.44. The number of fused-ring (bicyclic) bond motifs is 1. The van der Waals surface area contributed by atoms with E-state index in [1.54, 1.807) is 24.3 Å². The molecule has 2 rings (SSSR count). The molecule has 0 aliphatic rings. The van der Waals surface area contributed by atoms with Crippen molar-refractivity contribution in [2.24, 2.45) is 0 Å². The molecule has 0 saturated heterocycles. The van der Waals surface area contributed by atoms with Gasteiger partial charge in [-0.3, -0.25) is 9.59 Å². The van der Waals surface area contributed by atoms with Crippen LogP contribution >= 0.6 is 12.4 Å². The van der Waals surface area contributed by atoms with Gasteiger partial charge in [-0.1, -0.05) is 19.1 Å². The van der Waals surface area contributed by atoms with E-state index < -0.39 is 11.5 Å². The maximum Gasteiger partial charge on any atom is 0.267 e. The molecule has 0 spiro atoms. The summed E-state index contributed by atoms with van der Waals surface area (Å²) in [5, 5.41) is 16.6. The SMILES string of the molecule is CCNCCNC(=O)c1c(O)c2ccccc2n(CC)c1=O.Cl. The Morgan fingerprint density at radius 1 is 1.22 bits per heavy atom. The van der Waals surface area contributed by atoms with Crippen LogP contribution in [-0.2, 0) is 6.54 Å². The molecular weight excluding hydrogens is 318 g/mol. The number of aromatic nitrogens is 1. The minimum absolute atomic E-state index is 0. The van der Waals surface area contributed by atoms with E-state index in [1.807, 2.05) is 13.8 Å². The molecule has 3 N–H and O–H groups in total. The number of pyridine rings is 1. The van der Waals surface area contributed by atoms with E-state index in [4.69, 9.17) is 0 Å². The van der Waals surface area contributed by atoms with Crippen LogP contribution in [0.1, 0.15) is 24.2 Å². The molecule has 0 atom stereocenters. The summed E-state index contributed by atoms with van der Waals surface area (Å²) in [6, 6.07) is 7.02. The van der Waals surface area contributed by atoms with Gasteiger partial charge in [0.15, 0.2) is 0 Å². The van der Waals surface area contributed by atoms with Crippen LogP contribution in [0.2, 0.25) is 0 Å². The van der Waals surface area contributed by atoms with Crippen molar-refractivity contribution in [3.05, 3.63) is 40.2 Å². The number of aryl methyl sites for hydroxylation is 1. The first kappa shape index (κ1) is 19.0. The molecule has 0 bridgehead atoms. The number of rotatable bonds is 6. The molecule has 1 aromatic carbocycles. The summed E-state index contributed by atoms with van der Waals surface area (Å²) in [5.74, 6) is -0.806. The van der Waals surface area contributed by atoms with Crippen molar-refractivity contribution in [2.45, 2.75) is 20.4 Å². The molecule has 1 amide bonds. The molecule has 0 aliphatic carbocycles. The van der Waals surface area contributed by atoms with Crippen molar-refractivity contribution >= 4 is 29.2 Å². The number of nitrogens with one attached hydrogen (secondary N) is 2. The van der Waals surface area contributed by atoms with Crippen molar-refractivity contribution in [1.29, 1.82) is 0 Å². The van der Waals surface area contributed by atoms with E-state index >= 15 is 0 Å². The Kier molecular flexibility index (Phi) is 7.06. The summed E-state index contributed by atoms with van der Waals surface area (Å²) < 4.78 is 1.49. The van der Waals surface area contributed by atoms with Crippen molar-refractivity contribution in [2.75, 3.05) is 19.6 Å².